The highest BCUT2D eigenvalue weighted by Crippen LogP contribution is 2.26. The first-order chi connectivity index (χ1) is 9.11. The highest BCUT2D eigenvalue weighted by atomic mass is 32.2. The third kappa shape index (κ3) is 3.29. The number of carbonyl (C=O) groups is 2. The minimum absolute atomic E-state index is 0.0245. The van der Waals surface area contributed by atoms with Crippen LogP contribution in [0.4, 0.5) is 0 Å². The Morgan fingerprint density at radius 2 is 2.05 bits per heavy atom. The zero-order valence-corrected chi connectivity index (χ0v) is 11.6. The summed E-state index contributed by atoms with van der Waals surface area (Å²) in [5.74, 6) is -1.19. The normalized spacial score (nSPS) is 22.2. The molecule has 1 aliphatic carbocycles. The molecule has 4 nitrogen and oxygen atoms in total. The number of amides is 1. The summed E-state index contributed by atoms with van der Waals surface area (Å²) >= 11 is 1.53. The molecule has 1 aromatic carbocycles. The van der Waals surface area contributed by atoms with Crippen LogP contribution in [0.1, 0.15) is 29.6 Å². The summed E-state index contributed by atoms with van der Waals surface area (Å²) in [6, 6.07) is 7.42. The third-order valence-electron chi connectivity index (χ3n) is 3.47. The lowest BCUT2D eigenvalue weighted by molar-refractivity contribution is -0.141. The van der Waals surface area contributed by atoms with E-state index in [1.165, 1.54) is 11.8 Å². The van der Waals surface area contributed by atoms with Crippen molar-refractivity contribution in [2.24, 2.45) is 5.92 Å². The number of thioether (sulfide) groups is 1. The van der Waals surface area contributed by atoms with E-state index in [-0.39, 0.29) is 17.9 Å². The van der Waals surface area contributed by atoms with Crippen LogP contribution in [0.3, 0.4) is 0 Å². The monoisotopic (exact) mass is 279 g/mol. The number of carbonyl (C=O) groups excluding carboxylic acids is 1. The Kier molecular flexibility index (Phi) is 4.47. The van der Waals surface area contributed by atoms with Crippen LogP contribution >= 0.6 is 11.8 Å². The molecule has 2 N–H and O–H groups in total. The van der Waals surface area contributed by atoms with Crippen molar-refractivity contribution in [3.05, 3.63) is 29.8 Å². The third-order valence-corrected chi connectivity index (χ3v) is 4.26. The Labute approximate surface area is 116 Å². The molecule has 0 aliphatic heterocycles. The minimum atomic E-state index is -0.763. The Bertz CT molecular complexity index is 489. The van der Waals surface area contributed by atoms with Gasteiger partial charge in [0.05, 0.1) is 11.5 Å². The van der Waals surface area contributed by atoms with Gasteiger partial charge in [-0.05, 0) is 37.7 Å². The smallest absolute Gasteiger partial charge is 0.306 e. The van der Waals surface area contributed by atoms with E-state index < -0.39 is 5.97 Å². The number of carboxylic acids is 1. The first kappa shape index (κ1) is 13.9. The lowest BCUT2D eigenvalue weighted by atomic mass is 10.1. The molecule has 1 saturated carbocycles. The first-order valence-electron chi connectivity index (χ1n) is 6.28. The van der Waals surface area contributed by atoms with Gasteiger partial charge in [0.15, 0.2) is 0 Å². The van der Waals surface area contributed by atoms with Crippen molar-refractivity contribution in [1.29, 1.82) is 0 Å². The molecule has 102 valence electrons. The molecule has 1 aliphatic rings. The second-order valence-electron chi connectivity index (χ2n) is 4.72. The molecule has 1 aromatic rings. The van der Waals surface area contributed by atoms with Gasteiger partial charge in [0, 0.05) is 10.9 Å². The Hall–Kier alpha value is -1.49. The molecule has 5 heteroatoms. The number of hydrogen-bond donors (Lipinski definition) is 2. The second-order valence-corrected chi connectivity index (χ2v) is 5.57. The SMILES string of the molecule is CSc1ccccc1C(=O)N[C@@H]1CC[C@H](C(=O)O)C1. The van der Waals surface area contributed by atoms with Crippen LogP contribution in [0.5, 0.6) is 0 Å². The van der Waals surface area contributed by atoms with Gasteiger partial charge in [-0.25, -0.2) is 0 Å². The zero-order valence-electron chi connectivity index (χ0n) is 10.8. The zero-order chi connectivity index (χ0) is 13.8. The average molecular weight is 279 g/mol. The number of benzene rings is 1. The first-order valence-corrected chi connectivity index (χ1v) is 7.51. The summed E-state index contributed by atoms with van der Waals surface area (Å²) in [7, 11) is 0. The van der Waals surface area contributed by atoms with Crippen LogP contribution in [-0.2, 0) is 4.79 Å². The van der Waals surface area contributed by atoms with Crippen molar-refractivity contribution in [2.75, 3.05) is 6.26 Å². The van der Waals surface area contributed by atoms with Crippen molar-refractivity contribution in [3.63, 3.8) is 0 Å². The van der Waals surface area contributed by atoms with Crippen LogP contribution in [0.25, 0.3) is 0 Å². The highest BCUT2D eigenvalue weighted by Gasteiger charge is 2.30. The summed E-state index contributed by atoms with van der Waals surface area (Å²) < 4.78 is 0. The van der Waals surface area contributed by atoms with E-state index in [1.54, 1.807) is 6.07 Å². The molecule has 0 heterocycles. The van der Waals surface area contributed by atoms with Gasteiger partial charge in [-0.1, -0.05) is 12.1 Å². The topological polar surface area (TPSA) is 66.4 Å². The van der Waals surface area contributed by atoms with Gasteiger partial charge >= 0.3 is 5.97 Å². The van der Waals surface area contributed by atoms with E-state index in [2.05, 4.69) is 5.32 Å². The summed E-state index contributed by atoms with van der Waals surface area (Å²) in [6.45, 7) is 0. The Balaban J connectivity index is 2.00. The van der Waals surface area contributed by atoms with Crippen LogP contribution in [0, 0.1) is 5.92 Å². The van der Waals surface area contributed by atoms with Gasteiger partial charge in [0.25, 0.3) is 5.91 Å². The fraction of sp³-hybridized carbons (Fsp3) is 0.429. The van der Waals surface area contributed by atoms with E-state index in [1.807, 2.05) is 24.5 Å². The average Bonchev–Trinajstić information content (AvgIpc) is 2.87. The standard InChI is InChI=1S/C14H17NO3S/c1-19-12-5-3-2-4-11(12)13(16)15-10-7-6-9(8-10)14(17)18/h2-5,9-10H,6-8H2,1H3,(H,15,16)(H,17,18)/t9-,10+/m0/s1. The summed E-state index contributed by atoms with van der Waals surface area (Å²) in [4.78, 5) is 24.0. The maximum atomic E-state index is 12.2. The van der Waals surface area contributed by atoms with Crippen molar-refractivity contribution in [2.45, 2.75) is 30.2 Å². The van der Waals surface area contributed by atoms with Gasteiger partial charge in [-0.15, -0.1) is 11.8 Å². The molecule has 2 rings (SSSR count). The molecular formula is C14H17NO3S. The van der Waals surface area contributed by atoms with E-state index in [4.69, 9.17) is 5.11 Å². The van der Waals surface area contributed by atoms with Crippen LogP contribution in [0.2, 0.25) is 0 Å². The predicted octanol–water partition coefficient (Wildman–Crippen LogP) is 2.39. The number of nitrogens with one attached hydrogen (secondary N) is 1. The summed E-state index contributed by atoms with van der Waals surface area (Å²) in [5.41, 5.74) is 0.661. The van der Waals surface area contributed by atoms with E-state index in [0.29, 0.717) is 18.4 Å². The second kappa shape index (κ2) is 6.10. The largest absolute Gasteiger partial charge is 0.481 e. The van der Waals surface area contributed by atoms with Gasteiger partial charge in [-0.3, -0.25) is 9.59 Å². The molecule has 2 atom stereocenters. The minimum Gasteiger partial charge on any atom is -0.481 e. The van der Waals surface area contributed by atoms with E-state index >= 15 is 0 Å². The van der Waals surface area contributed by atoms with Crippen molar-refractivity contribution in [1.82, 2.24) is 5.32 Å². The van der Waals surface area contributed by atoms with Crippen LogP contribution in [-0.4, -0.2) is 29.3 Å². The van der Waals surface area contributed by atoms with Crippen LogP contribution in [0.15, 0.2) is 29.2 Å². The lowest BCUT2D eigenvalue weighted by Crippen LogP contribution is -2.33. The molecule has 1 fully saturated rings. The fourth-order valence-electron chi connectivity index (χ4n) is 2.43. The molecule has 0 aromatic heterocycles. The lowest BCUT2D eigenvalue weighted by Gasteiger charge is -2.14. The van der Waals surface area contributed by atoms with Gasteiger partial charge in [-0.2, -0.15) is 0 Å². The highest BCUT2D eigenvalue weighted by molar-refractivity contribution is 7.98. The number of aliphatic carboxylic acids is 1. The maximum Gasteiger partial charge on any atom is 0.306 e. The molecule has 0 bridgehead atoms. The molecule has 0 unspecified atom stereocenters. The quantitative estimate of drug-likeness (QED) is 0.831. The molecular weight excluding hydrogens is 262 g/mol. The van der Waals surface area contributed by atoms with Gasteiger partial charge in [0.2, 0.25) is 0 Å². The number of hydrogen-bond acceptors (Lipinski definition) is 3. The molecule has 19 heavy (non-hydrogen) atoms. The molecule has 0 saturated heterocycles. The fourth-order valence-corrected chi connectivity index (χ4v) is 3.03. The van der Waals surface area contributed by atoms with E-state index in [0.717, 1.165) is 11.3 Å². The van der Waals surface area contributed by atoms with Crippen molar-refractivity contribution >= 4 is 23.6 Å². The molecule has 0 radical (unpaired) electrons. The molecule has 0 spiro atoms. The number of rotatable bonds is 4. The van der Waals surface area contributed by atoms with E-state index in [9.17, 15) is 9.59 Å². The van der Waals surface area contributed by atoms with Crippen LogP contribution < -0.4 is 5.32 Å². The Morgan fingerprint density at radius 1 is 1.32 bits per heavy atom. The predicted molar refractivity (Wildman–Crippen MR) is 74.5 cm³/mol. The maximum absolute atomic E-state index is 12.2. The summed E-state index contributed by atoms with van der Waals surface area (Å²) in [5, 5.41) is 11.9. The Morgan fingerprint density at radius 3 is 2.68 bits per heavy atom. The van der Waals surface area contributed by atoms with Gasteiger partial charge in [0.1, 0.15) is 0 Å². The van der Waals surface area contributed by atoms with Crippen molar-refractivity contribution < 1.29 is 14.7 Å². The molecule has 1 amide bonds. The summed E-state index contributed by atoms with van der Waals surface area (Å²) in [6.07, 6.45) is 3.85. The van der Waals surface area contributed by atoms with Crippen molar-refractivity contribution in [3.8, 4) is 0 Å². The van der Waals surface area contributed by atoms with Gasteiger partial charge < -0.3 is 10.4 Å². The number of carboxylic acid groups (broad SMARTS) is 1.